The minimum absolute atomic E-state index is 0.465. The van der Waals surface area contributed by atoms with Crippen molar-refractivity contribution in [1.29, 1.82) is 0 Å². The highest BCUT2D eigenvalue weighted by molar-refractivity contribution is 5.37. The highest BCUT2D eigenvalue weighted by Crippen LogP contribution is 2.23. The van der Waals surface area contributed by atoms with Crippen molar-refractivity contribution in [3.63, 3.8) is 0 Å². The normalized spacial score (nSPS) is 15.2. The van der Waals surface area contributed by atoms with E-state index in [9.17, 15) is 0 Å². The molecule has 0 aromatic carbocycles. The molecule has 1 aromatic heterocycles. The summed E-state index contributed by atoms with van der Waals surface area (Å²) in [5.41, 5.74) is 3.71. The first-order valence-corrected chi connectivity index (χ1v) is 5.50. The Morgan fingerprint density at radius 2 is 2.13 bits per heavy atom. The van der Waals surface area contributed by atoms with E-state index in [2.05, 4.69) is 34.4 Å². The smallest absolute Gasteiger partial charge is 0.222 e. The van der Waals surface area contributed by atoms with Crippen molar-refractivity contribution in [3.8, 4) is 0 Å². The van der Waals surface area contributed by atoms with E-state index >= 15 is 0 Å². The van der Waals surface area contributed by atoms with E-state index in [4.69, 9.17) is 0 Å². The van der Waals surface area contributed by atoms with Gasteiger partial charge in [0.05, 0.1) is 11.4 Å². The Labute approximate surface area is 90.5 Å². The highest BCUT2D eigenvalue weighted by atomic mass is 15.1. The Balaban J connectivity index is 2.50. The lowest BCUT2D eigenvalue weighted by atomic mass is 9.98. The van der Waals surface area contributed by atoms with Crippen molar-refractivity contribution >= 4 is 5.95 Å². The maximum Gasteiger partial charge on any atom is 0.222 e. The van der Waals surface area contributed by atoms with E-state index in [-0.39, 0.29) is 0 Å². The molecule has 2 N–H and O–H groups in total. The molecule has 0 fully saturated rings. The minimum atomic E-state index is 0.465. The standard InChI is InChI=1S/C11H18N4/c1-7(2)10-8-4-5-13-6-9(8)14-11(12-3)15-10/h7,13H,4-6H2,1-3H3,(H,12,14,15). The topological polar surface area (TPSA) is 49.8 Å². The summed E-state index contributed by atoms with van der Waals surface area (Å²) in [4.78, 5) is 9.04. The fourth-order valence-corrected chi connectivity index (χ4v) is 1.98. The van der Waals surface area contributed by atoms with E-state index in [0.717, 1.165) is 31.2 Å². The second-order valence-electron chi connectivity index (χ2n) is 4.19. The van der Waals surface area contributed by atoms with Crippen molar-refractivity contribution in [2.45, 2.75) is 32.7 Å². The molecule has 15 heavy (non-hydrogen) atoms. The van der Waals surface area contributed by atoms with Crippen LogP contribution in [-0.4, -0.2) is 23.6 Å². The van der Waals surface area contributed by atoms with Crippen LogP contribution in [0.4, 0.5) is 5.95 Å². The summed E-state index contributed by atoms with van der Waals surface area (Å²) in [6.07, 6.45) is 1.05. The van der Waals surface area contributed by atoms with Crippen LogP contribution in [0, 0.1) is 0 Å². The number of nitrogens with one attached hydrogen (secondary N) is 2. The maximum atomic E-state index is 4.55. The molecule has 4 heteroatoms. The van der Waals surface area contributed by atoms with Crippen LogP contribution in [0.2, 0.25) is 0 Å². The monoisotopic (exact) mass is 206 g/mol. The van der Waals surface area contributed by atoms with Gasteiger partial charge in [-0.2, -0.15) is 0 Å². The number of nitrogens with zero attached hydrogens (tertiary/aromatic N) is 2. The lowest BCUT2D eigenvalue weighted by Crippen LogP contribution is -2.27. The first-order valence-electron chi connectivity index (χ1n) is 5.50. The highest BCUT2D eigenvalue weighted by Gasteiger charge is 2.18. The summed E-state index contributed by atoms with van der Waals surface area (Å²) in [5.74, 6) is 1.20. The first-order chi connectivity index (χ1) is 7.22. The van der Waals surface area contributed by atoms with Crippen LogP contribution in [-0.2, 0) is 13.0 Å². The third kappa shape index (κ3) is 1.95. The minimum Gasteiger partial charge on any atom is -0.357 e. The number of hydrogen-bond acceptors (Lipinski definition) is 4. The van der Waals surface area contributed by atoms with Gasteiger partial charge in [0.15, 0.2) is 0 Å². The van der Waals surface area contributed by atoms with Gasteiger partial charge in [-0.05, 0) is 24.4 Å². The maximum absolute atomic E-state index is 4.55. The molecule has 82 valence electrons. The van der Waals surface area contributed by atoms with E-state index in [1.165, 1.54) is 11.3 Å². The number of anilines is 1. The molecule has 2 heterocycles. The van der Waals surface area contributed by atoms with Gasteiger partial charge in [-0.1, -0.05) is 13.8 Å². The molecule has 2 rings (SSSR count). The molecule has 0 bridgehead atoms. The molecule has 0 spiro atoms. The molecule has 0 atom stereocenters. The Kier molecular flexibility index (Phi) is 2.86. The molecule has 0 saturated heterocycles. The van der Waals surface area contributed by atoms with Gasteiger partial charge < -0.3 is 10.6 Å². The average molecular weight is 206 g/mol. The fraction of sp³-hybridized carbons (Fsp3) is 0.636. The molecule has 4 nitrogen and oxygen atoms in total. The van der Waals surface area contributed by atoms with E-state index in [1.54, 1.807) is 0 Å². The molecule has 1 aliphatic heterocycles. The third-order valence-electron chi connectivity index (χ3n) is 2.74. The summed E-state index contributed by atoms with van der Waals surface area (Å²) in [7, 11) is 1.86. The molecular formula is C11H18N4. The zero-order valence-corrected chi connectivity index (χ0v) is 9.59. The van der Waals surface area contributed by atoms with Gasteiger partial charge in [-0.3, -0.25) is 0 Å². The number of aromatic nitrogens is 2. The van der Waals surface area contributed by atoms with Crippen molar-refractivity contribution in [1.82, 2.24) is 15.3 Å². The average Bonchev–Trinajstić information content (AvgIpc) is 2.27. The zero-order valence-electron chi connectivity index (χ0n) is 9.59. The van der Waals surface area contributed by atoms with Crippen LogP contribution in [0.15, 0.2) is 0 Å². The summed E-state index contributed by atoms with van der Waals surface area (Å²) in [6, 6.07) is 0. The third-order valence-corrected chi connectivity index (χ3v) is 2.74. The molecule has 1 aliphatic rings. The summed E-state index contributed by atoms with van der Waals surface area (Å²) in [5, 5.41) is 6.36. The van der Waals surface area contributed by atoms with Crippen LogP contribution >= 0.6 is 0 Å². The van der Waals surface area contributed by atoms with Crippen LogP contribution in [0.5, 0.6) is 0 Å². The van der Waals surface area contributed by atoms with E-state index in [0.29, 0.717) is 5.92 Å². The Morgan fingerprint density at radius 1 is 1.33 bits per heavy atom. The Morgan fingerprint density at radius 3 is 2.80 bits per heavy atom. The molecule has 0 amide bonds. The zero-order chi connectivity index (χ0) is 10.8. The van der Waals surface area contributed by atoms with E-state index in [1.807, 2.05) is 7.05 Å². The lowest BCUT2D eigenvalue weighted by molar-refractivity contribution is 0.609. The molecule has 0 unspecified atom stereocenters. The predicted octanol–water partition coefficient (Wildman–Crippen LogP) is 1.29. The van der Waals surface area contributed by atoms with Gasteiger partial charge in [0.2, 0.25) is 5.95 Å². The molecule has 0 radical (unpaired) electrons. The SMILES string of the molecule is CNc1nc2c(c(C(C)C)n1)CCNC2. The number of hydrogen-bond donors (Lipinski definition) is 2. The van der Waals surface area contributed by atoms with Crippen LogP contribution in [0.1, 0.15) is 36.7 Å². The second kappa shape index (κ2) is 4.14. The summed E-state index contributed by atoms with van der Waals surface area (Å²) < 4.78 is 0. The van der Waals surface area contributed by atoms with Crippen molar-refractivity contribution in [2.75, 3.05) is 18.9 Å². The molecule has 0 aliphatic carbocycles. The first kappa shape index (κ1) is 10.4. The largest absolute Gasteiger partial charge is 0.357 e. The Bertz CT molecular complexity index is 360. The van der Waals surface area contributed by atoms with Crippen molar-refractivity contribution in [2.24, 2.45) is 0 Å². The van der Waals surface area contributed by atoms with Gasteiger partial charge in [0.1, 0.15) is 0 Å². The van der Waals surface area contributed by atoms with Gasteiger partial charge in [0.25, 0.3) is 0 Å². The van der Waals surface area contributed by atoms with Crippen LogP contribution < -0.4 is 10.6 Å². The molecular weight excluding hydrogens is 188 g/mol. The van der Waals surface area contributed by atoms with Gasteiger partial charge in [-0.25, -0.2) is 9.97 Å². The van der Waals surface area contributed by atoms with Crippen LogP contribution in [0.3, 0.4) is 0 Å². The van der Waals surface area contributed by atoms with Crippen molar-refractivity contribution in [3.05, 3.63) is 17.0 Å². The summed E-state index contributed by atoms with van der Waals surface area (Å²) in [6.45, 7) is 6.27. The Hall–Kier alpha value is -1.16. The number of fused-ring (bicyclic) bond motifs is 1. The fourth-order valence-electron chi connectivity index (χ4n) is 1.98. The van der Waals surface area contributed by atoms with E-state index < -0.39 is 0 Å². The predicted molar refractivity (Wildman–Crippen MR) is 61.1 cm³/mol. The van der Waals surface area contributed by atoms with Gasteiger partial charge in [0, 0.05) is 13.6 Å². The molecule has 1 aromatic rings. The van der Waals surface area contributed by atoms with Crippen molar-refractivity contribution < 1.29 is 0 Å². The van der Waals surface area contributed by atoms with Crippen LogP contribution in [0.25, 0.3) is 0 Å². The van der Waals surface area contributed by atoms with Gasteiger partial charge >= 0.3 is 0 Å². The molecule has 0 saturated carbocycles. The summed E-state index contributed by atoms with van der Waals surface area (Å²) >= 11 is 0. The van der Waals surface area contributed by atoms with Gasteiger partial charge in [-0.15, -0.1) is 0 Å². The quantitative estimate of drug-likeness (QED) is 0.765. The lowest BCUT2D eigenvalue weighted by Gasteiger charge is -2.21. The second-order valence-corrected chi connectivity index (χ2v) is 4.19. The number of rotatable bonds is 2.